The summed E-state index contributed by atoms with van der Waals surface area (Å²) in [5.74, 6) is 1.00. The van der Waals surface area contributed by atoms with Gasteiger partial charge in [0.1, 0.15) is 11.4 Å². The molecule has 0 aromatic heterocycles. The van der Waals surface area contributed by atoms with E-state index < -0.39 is 0 Å². The van der Waals surface area contributed by atoms with E-state index in [4.69, 9.17) is 14.2 Å². The second kappa shape index (κ2) is 7.78. The summed E-state index contributed by atoms with van der Waals surface area (Å²) in [5, 5.41) is 3.63. The molecule has 2 rings (SSSR count). The van der Waals surface area contributed by atoms with E-state index in [2.05, 4.69) is 37.4 Å². The Hall–Kier alpha value is -1.10. The first-order valence-corrected chi connectivity index (χ1v) is 7.70. The molecule has 1 unspecified atom stereocenters. The lowest BCUT2D eigenvalue weighted by Gasteiger charge is -2.38. The van der Waals surface area contributed by atoms with E-state index in [0.29, 0.717) is 19.3 Å². The minimum atomic E-state index is -0.124. The molecule has 1 aromatic rings. The van der Waals surface area contributed by atoms with Crippen molar-refractivity contribution < 1.29 is 14.2 Å². The molecular formula is C17H27NO3. The highest BCUT2D eigenvalue weighted by Crippen LogP contribution is 2.39. The van der Waals surface area contributed by atoms with Crippen LogP contribution in [-0.2, 0) is 9.47 Å². The Balaban J connectivity index is 1.80. The van der Waals surface area contributed by atoms with Crippen LogP contribution < -0.4 is 10.1 Å². The van der Waals surface area contributed by atoms with Crippen LogP contribution in [0.25, 0.3) is 0 Å². The van der Waals surface area contributed by atoms with Gasteiger partial charge in [-0.15, -0.1) is 0 Å². The smallest absolute Gasteiger partial charge is 0.124 e. The van der Waals surface area contributed by atoms with Crippen molar-refractivity contribution in [3.05, 3.63) is 29.8 Å². The third-order valence-corrected chi connectivity index (χ3v) is 3.66. The van der Waals surface area contributed by atoms with Crippen LogP contribution >= 0.6 is 0 Å². The van der Waals surface area contributed by atoms with Gasteiger partial charge in [0.15, 0.2) is 0 Å². The normalized spacial score (nSPS) is 19.9. The molecule has 0 bridgehead atoms. The molecule has 1 heterocycles. The van der Waals surface area contributed by atoms with Gasteiger partial charge in [0.2, 0.25) is 0 Å². The summed E-state index contributed by atoms with van der Waals surface area (Å²) in [7, 11) is 1.69. The average molecular weight is 293 g/mol. The van der Waals surface area contributed by atoms with Crippen molar-refractivity contribution in [3.63, 3.8) is 0 Å². The Morgan fingerprint density at radius 1 is 1.24 bits per heavy atom. The largest absolute Gasteiger partial charge is 0.487 e. The predicted molar refractivity (Wildman–Crippen MR) is 83.8 cm³/mol. The first-order valence-electron chi connectivity index (χ1n) is 7.70. The van der Waals surface area contributed by atoms with E-state index in [1.165, 1.54) is 5.56 Å². The minimum absolute atomic E-state index is 0.124. The molecule has 0 aliphatic carbocycles. The van der Waals surface area contributed by atoms with Crippen molar-refractivity contribution >= 4 is 0 Å². The fourth-order valence-corrected chi connectivity index (χ4v) is 2.68. The van der Waals surface area contributed by atoms with Crippen LogP contribution in [-0.4, -0.2) is 39.1 Å². The molecule has 0 saturated carbocycles. The molecule has 4 nitrogen and oxygen atoms in total. The number of para-hydroxylation sites is 1. The molecule has 1 aromatic carbocycles. The summed E-state index contributed by atoms with van der Waals surface area (Å²) in [6, 6.07) is 8.66. The SMILES string of the molecule is COCCOCCCNC1CC(C)(C)Oc2ccccc21. The number of hydrogen-bond acceptors (Lipinski definition) is 4. The van der Waals surface area contributed by atoms with Crippen molar-refractivity contribution in [3.8, 4) is 5.75 Å². The van der Waals surface area contributed by atoms with Gasteiger partial charge in [0.05, 0.1) is 13.2 Å². The topological polar surface area (TPSA) is 39.7 Å². The molecule has 0 radical (unpaired) electrons. The molecule has 118 valence electrons. The second-order valence-corrected chi connectivity index (χ2v) is 6.07. The molecule has 0 saturated heterocycles. The van der Waals surface area contributed by atoms with Gasteiger partial charge in [-0.1, -0.05) is 18.2 Å². The maximum absolute atomic E-state index is 6.04. The summed E-state index contributed by atoms with van der Waals surface area (Å²) in [6.07, 6.45) is 1.98. The van der Waals surface area contributed by atoms with Gasteiger partial charge in [0, 0.05) is 31.7 Å². The van der Waals surface area contributed by atoms with Crippen LogP contribution in [0, 0.1) is 0 Å². The standard InChI is InChI=1S/C17H27NO3/c1-17(2)13-15(14-7-4-5-8-16(14)21-17)18-9-6-10-20-12-11-19-3/h4-5,7-8,15,18H,6,9-13H2,1-3H3. The first kappa shape index (κ1) is 16.3. The van der Waals surface area contributed by atoms with E-state index in [-0.39, 0.29) is 5.60 Å². The third-order valence-electron chi connectivity index (χ3n) is 3.66. The lowest BCUT2D eigenvalue weighted by Crippen LogP contribution is -2.39. The highest BCUT2D eigenvalue weighted by atomic mass is 16.5. The number of fused-ring (bicyclic) bond motifs is 1. The Morgan fingerprint density at radius 3 is 2.86 bits per heavy atom. The van der Waals surface area contributed by atoms with Crippen molar-refractivity contribution in [2.45, 2.75) is 38.3 Å². The van der Waals surface area contributed by atoms with Crippen LogP contribution in [0.1, 0.15) is 38.3 Å². The summed E-state index contributed by atoms with van der Waals surface area (Å²) in [4.78, 5) is 0. The zero-order valence-corrected chi connectivity index (χ0v) is 13.4. The highest BCUT2D eigenvalue weighted by molar-refractivity contribution is 5.38. The number of nitrogens with one attached hydrogen (secondary N) is 1. The fraction of sp³-hybridized carbons (Fsp3) is 0.647. The molecule has 1 aliphatic rings. The maximum Gasteiger partial charge on any atom is 0.124 e. The van der Waals surface area contributed by atoms with Gasteiger partial charge in [-0.3, -0.25) is 0 Å². The zero-order chi connectivity index (χ0) is 15.1. The lowest BCUT2D eigenvalue weighted by molar-refractivity contribution is 0.0608. The van der Waals surface area contributed by atoms with Crippen LogP contribution in [0.15, 0.2) is 24.3 Å². The molecule has 0 amide bonds. The third kappa shape index (κ3) is 4.99. The summed E-state index contributed by atoms with van der Waals surface area (Å²) in [6.45, 7) is 7.34. The number of methoxy groups -OCH3 is 1. The van der Waals surface area contributed by atoms with Gasteiger partial charge in [0.25, 0.3) is 0 Å². The number of ether oxygens (including phenoxy) is 3. The van der Waals surface area contributed by atoms with E-state index in [9.17, 15) is 0 Å². The molecular weight excluding hydrogens is 266 g/mol. The quantitative estimate of drug-likeness (QED) is 0.748. The van der Waals surface area contributed by atoms with Crippen LogP contribution in [0.3, 0.4) is 0 Å². The van der Waals surface area contributed by atoms with Gasteiger partial charge in [-0.2, -0.15) is 0 Å². The van der Waals surface area contributed by atoms with Crippen molar-refractivity contribution in [1.82, 2.24) is 5.32 Å². The highest BCUT2D eigenvalue weighted by Gasteiger charge is 2.32. The van der Waals surface area contributed by atoms with Crippen molar-refractivity contribution in [1.29, 1.82) is 0 Å². The Bertz CT molecular complexity index is 434. The molecule has 1 atom stereocenters. The van der Waals surface area contributed by atoms with Crippen LogP contribution in [0.4, 0.5) is 0 Å². The Morgan fingerprint density at radius 2 is 2.05 bits per heavy atom. The van der Waals surface area contributed by atoms with E-state index >= 15 is 0 Å². The summed E-state index contributed by atoms with van der Waals surface area (Å²) >= 11 is 0. The van der Waals surface area contributed by atoms with Crippen LogP contribution in [0.5, 0.6) is 5.75 Å². The Labute approximate surface area is 127 Å². The van der Waals surface area contributed by atoms with Gasteiger partial charge >= 0.3 is 0 Å². The number of benzene rings is 1. The van der Waals surface area contributed by atoms with E-state index in [0.717, 1.165) is 31.7 Å². The number of hydrogen-bond donors (Lipinski definition) is 1. The van der Waals surface area contributed by atoms with Crippen LogP contribution in [0.2, 0.25) is 0 Å². The molecule has 1 N–H and O–H groups in total. The Kier molecular flexibility index (Phi) is 6.03. The van der Waals surface area contributed by atoms with Crippen molar-refractivity contribution in [2.24, 2.45) is 0 Å². The number of rotatable bonds is 8. The lowest BCUT2D eigenvalue weighted by atomic mass is 9.89. The average Bonchev–Trinajstić information content (AvgIpc) is 2.45. The van der Waals surface area contributed by atoms with Gasteiger partial charge < -0.3 is 19.5 Å². The molecule has 1 aliphatic heterocycles. The first-order chi connectivity index (χ1) is 10.1. The van der Waals surface area contributed by atoms with E-state index in [1.54, 1.807) is 7.11 Å². The van der Waals surface area contributed by atoms with Gasteiger partial charge in [-0.05, 0) is 32.9 Å². The summed E-state index contributed by atoms with van der Waals surface area (Å²) < 4.78 is 16.5. The second-order valence-electron chi connectivity index (χ2n) is 6.07. The summed E-state index contributed by atoms with van der Waals surface area (Å²) in [5.41, 5.74) is 1.14. The van der Waals surface area contributed by atoms with Gasteiger partial charge in [-0.25, -0.2) is 0 Å². The van der Waals surface area contributed by atoms with E-state index in [1.807, 2.05) is 6.07 Å². The monoisotopic (exact) mass is 293 g/mol. The fourth-order valence-electron chi connectivity index (χ4n) is 2.68. The molecule has 0 fully saturated rings. The minimum Gasteiger partial charge on any atom is -0.487 e. The van der Waals surface area contributed by atoms with Crippen molar-refractivity contribution in [2.75, 3.05) is 33.5 Å². The maximum atomic E-state index is 6.04. The molecule has 0 spiro atoms. The zero-order valence-electron chi connectivity index (χ0n) is 13.4. The molecule has 21 heavy (non-hydrogen) atoms. The molecule has 4 heteroatoms. The predicted octanol–water partition coefficient (Wildman–Crippen LogP) is 2.93.